The predicted octanol–water partition coefficient (Wildman–Crippen LogP) is 1.51. The number of ether oxygens (including phenoxy) is 2. The highest BCUT2D eigenvalue weighted by molar-refractivity contribution is 5.46. The Morgan fingerprint density at radius 3 is 2.79 bits per heavy atom. The lowest BCUT2D eigenvalue weighted by Crippen LogP contribution is -2.32. The van der Waals surface area contributed by atoms with Crippen molar-refractivity contribution in [3.8, 4) is 11.5 Å². The smallest absolute Gasteiger partial charge is 0.126 e. The van der Waals surface area contributed by atoms with Gasteiger partial charge in [-0.1, -0.05) is 0 Å². The number of hydrogen-bond acceptors (Lipinski definition) is 4. The Labute approximate surface area is 115 Å². The second kappa shape index (κ2) is 6.78. The predicted molar refractivity (Wildman–Crippen MR) is 77.3 cm³/mol. The zero-order valence-corrected chi connectivity index (χ0v) is 12.1. The molecule has 4 nitrogen and oxygen atoms in total. The minimum Gasteiger partial charge on any atom is -0.497 e. The Kier molecular flexibility index (Phi) is 5.05. The van der Waals surface area contributed by atoms with Crippen molar-refractivity contribution < 1.29 is 9.47 Å². The molecule has 0 aliphatic carbocycles. The lowest BCUT2D eigenvalue weighted by molar-refractivity contribution is 0.389. The second-order valence-corrected chi connectivity index (χ2v) is 5.02. The Morgan fingerprint density at radius 2 is 2.16 bits per heavy atom. The largest absolute Gasteiger partial charge is 0.497 e. The first-order valence-electron chi connectivity index (χ1n) is 6.90. The molecule has 0 spiro atoms. The quantitative estimate of drug-likeness (QED) is 0.817. The van der Waals surface area contributed by atoms with Gasteiger partial charge in [0.2, 0.25) is 0 Å². The molecule has 1 saturated heterocycles. The second-order valence-electron chi connectivity index (χ2n) is 5.02. The summed E-state index contributed by atoms with van der Waals surface area (Å²) < 4.78 is 10.7. The maximum Gasteiger partial charge on any atom is 0.126 e. The van der Waals surface area contributed by atoms with Crippen LogP contribution < -0.4 is 20.1 Å². The lowest BCUT2D eigenvalue weighted by Gasteiger charge is -2.16. The molecule has 2 N–H and O–H groups in total. The fraction of sp³-hybridized carbons (Fsp3) is 0.600. The van der Waals surface area contributed by atoms with Crippen LogP contribution in [0.2, 0.25) is 0 Å². The average molecular weight is 264 g/mol. The highest BCUT2D eigenvalue weighted by Crippen LogP contribution is 2.28. The summed E-state index contributed by atoms with van der Waals surface area (Å²) in [6, 6.07) is 4.64. The third kappa shape index (κ3) is 3.61. The standard InChI is InChI=1S/C15H24N2O2/c1-11-8-13(18-2)9-15(19-3)14(11)5-7-17-12-4-6-16-10-12/h8-9,12,16-17H,4-7,10H2,1-3H3. The maximum atomic E-state index is 5.47. The van der Waals surface area contributed by atoms with E-state index in [-0.39, 0.29) is 0 Å². The number of methoxy groups -OCH3 is 2. The van der Waals surface area contributed by atoms with Gasteiger partial charge in [-0.2, -0.15) is 0 Å². The van der Waals surface area contributed by atoms with Crippen LogP contribution >= 0.6 is 0 Å². The molecule has 1 fully saturated rings. The van der Waals surface area contributed by atoms with Crippen LogP contribution in [0.15, 0.2) is 12.1 Å². The first-order chi connectivity index (χ1) is 9.24. The zero-order valence-electron chi connectivity index (χ0n) is 12.1. The molecule has 106 valence electrons. The van der Waals surface area contributed by atoms with Crippen molar-refractivity contribution in [2.45, 2.75) is 25.8 Å². The molecular formula is C15H24N2O2. The van der Waals surface area contributed by atoms with Crippen molar-refractivity contribution in [2.24, 2.45) is 0 Å². The van der Waals surface area contributed by atoms with E-state index in [1.807, 2.05) is 6.07 Å². The van der Waals surface area contributed by atoms with Crippen LogP contribution in [0.1, 0.15) is 17.5 Å². The molecule has 1 aromatic rings. The van der Waals surface area contributed by atoms with Crippen molar-refractivity contribution in [2.75, 3.05) is 33.9 Å². The molecule has 1 atom stereocenters. The van der Waals surface area contributed by atoms with Gasteiger partial charge in [0.05, 0.1) is 14.2 Å². The zero-order chi connectivity index (χ0) is 13.7. The van der Waals surface area contributed by atoms with E-state index in [2.05, 4.69) is 23.6 Å². The fourth-order valence-corrected chi connectivity index (χ4v) is 2.60. The summed E-state index contributed by atoms with van der Waals surface area (Å²) in [5.74, 6) is 1.77. The molecule has 19 heavy (non-hydrogen) atoms. The summed E-state index contributed by atoms with van der Waals surface area (Å²) in [6.45, 7) is 5.30. The van der Waals surface area contributed by atoms with E-state index in [1.54, 1.807) is 14.2 Å². The SMILES string of the molecule is COc1cc(C)c(CCNC2CCNC2)c(OC)c1. The van der Waals surface area contributed by atoms with Crippen LogP contribution in [0.25, 0.3) is 0 Å². The molecule has 1 unspecified atom stereocenters. The third-order valence-electron chi connectivity index (χ3n) is 3.73. The molecule has 0 aromatic heterocycles. The molecular weight excluding hydrogens is 240 g/mol. The topological polar surface area (TPSA) is 42.5 Å². The number of nitrogens with one attached hydrogen (secondary N) is 2. The monoisotopic (exact) mass is 264 g/mol. The van der Waals surface area contributed by atoms with Crippen molar-refractivity contribution in [3.05, 3.63) is 23.3 Å². The van der Waals surface area contributed by atoms with E-state index < -0.39 is 0 Å². The first-order valence-corrected chi connectivity index (χ1v) is 6.90. The van der Waals surface area contributed by atoms with Gasteiger partial charge >= 0.3 is 0 Å². The van der Waals surface area contributed by atoms with Gasteiger partial charge in [0.25, 0.3) is 0 Å². The summed E-state index contributed by atoms with van der Waals surface area (Å²) in [4.78, 5) is 0. The highest BCUT2D eigenvalue weighted by atomic mass is 16.5. The van der Waals surface area contributed by atoms with E-state index in [0.717, 1.165) is 37.6 Å². The minimum atomic E-state index is 0.615. The molecule has 0 radical (unpaired) electrons. The van der Waals surface area contributed by atoms with Crippen molar-refractivity contribution in [3.63, 3.8) is 0 Å². The molecule has 0 bridgehead atoms. The van der Waals surface area contributed by atoms with Gasteiger partial charge in [-0.15, -0.1) is 0 Å². The molecule has 1 aliphatic heterocycles. The normalized spacial score (nSPS) is 18.6. The van der Waals surface area contributed by atoms with Crippen molar-refractivity contribution in [1.82, 2.24) is 10.6 Å². The van der Waals surface area contributed by atoms with Gasteiger partial charge in [-0.3, -0.25) is 0 Å². The van der Waals surface area contributed by atoms with Crippen LogP contribution in [-0.2, 0) is 6.42 Å². The van der Waals surface area contributed by atoms with Crippen LogP contribution in [0, 0.1) is 6.92 Å². The molecule has 1 heterocycles. The summed E-state index contributed by atoms with van der Waals surface area (Å²) in [5.41, 5.74) is 2.49. The Balaban J connectivity index is 1.98. The number of benzene rings is 1. The summed E-state index contributed by atoms with van der Waals surface area (Å²) in [7, 11) is 3.40. The van der Waals surface area contributed by atoms with Gasteiger partial charge in [0, 0.05) is 18.7 Å². The molecule has 0 amide bonds. The van der Waals surface area contributed by atoms with Gasteiger partial charge in [-0.25, -0.2) is 0 Å². The molecule has 0 saturated carbocycles. The average Bonchev–Trinajstić information content (AvgIpc) is 2.93. The number of aryl methyl sites for hydroxylation is 1. The maximum absolute atomic E-state index is 5.47. The number of rotatable bonds is 6. The molecule has 4 heteroatoms. The van der Waals surface area contributed by atoms with Crippen LogP contribution in [-0.4, -0.2) is 39.9 Å². The Morgan fingerprint density at radius 1 is 1.32 bits per heavy atom. The lowest BCUT2D eigenvalue weighted by atomic mass is 10.0. The summed E-state index contributed by atoms with van der Waals surface area (Å²) >= 11 is 0. The van der Waals surface area contributed by atoms with E-state index >= 15 is 0 Å². The van der Waals surface area contributed by atoms with Crippen LogP contribution in [0.4, 0.5) is 0 Å². The summed E-state index contributed by atoms with van der Waals surface area (Å²) in [6.07, 6.45) is 2.20. The van der Waals surface area contributed by atoms with Crippen molar-refractivity contribution in [1.29, 1.82) is 0 Å². The van der Waals surface area contributed by atoms with Gasteiger partial charge in [-0.05, 0) is 50.0 Å². The Bertz CT molecular complexity index is 415. The van der Waals surface area contributed by atoms with E-state index in [9.17, 15) is 0 Å². The minimum absolute atomic E-state index is 0.615. The first kappa shape index (κ1) is 14.2. The Hall–Kier alpha value is -1.26. The van der Waals surface area contributed by atoms with Gasteiger partial charge < -0.3 is 20.1 Å². The third-order valence-corrected chi connectivity index (χ3v) is 3.73. The van der Waals surface area contributed by atoms with Crippen LogP contribution in [0.5, 0.6) is 11.5 Å². The van der Waals surface area contributed by atoms with Crippen molar-refractivity contribution >= 4 is 0 Å². The van der Waals surface area contributed by atoms with Gasteiger partial charge in [0.1, 0.15) is 11.5 Å². The molecule has 1 aliphatic rings. The molecule has 2 rings (SSSR count). The summed E-state index contributed by atoms with van der Waals surface area (Å²) in [5, 5.41) is 6.95. The van der Waals surface area contributed by atoms with E-state index in [1.165, 1.54) is 17.5 Å². The van der Waals surface area contributed by atoms with Gasteiger partial charge in [0.15, 0.2) is 0 Å². The van der Waals surface area contributed by atoms with E-state index in [4.69, 9.17) is 9.47 Å². The fourth-order valence-electron chi connectivity index (χ4n) is 2.60. The van der Waals surface area contributed by atoms with E-state index in [0.29, 0.717) is 6.04 Å². The van der Waals surface area contributed by atoms with Crippen LogP contribution in [0.3, 0.4) is 0 Å². The molecule has 1 aromatic carbocycles. The number of hydrogen-bond donors (Lipinski definition) is 2. The highest BCUT2D eigenvalue weighted by Gasteiger charge is 2.14.